The first-order valence-electron chi connectivity index (χ1n) is 6.36. The molecule has 1 aromatic heterocycles. The van der Waals surface area contributed by atoms with E-state index in [1.165, 1.54) is 0 Å². The first-order valence-corrected chi connectivity index (χ1v) is 6.36. The molecule has 0 bridgehead atoms. The molecule has 1 aliphatic heterocycles. The SMILES string of the molecule is CC(=O)NCC1CCN(c2ccnc(N)c2)CC1. The number of hydrogen-bond acceptors (Lipinski definition) is 4. The van der Waals surface area contributed by atoms with Crippen molar-refractivity contribution in [1.82, 2.24) is 10.3 Å². The number of aromatic nitrogens is 1. The van der Waals surface area contributed by atoms with Gasteiger partial charge in [-0.1, -0.05) is 0 Å². The van der Waals surface area contributed by atoms with Crippen molar-refractivity contribution >= 4 is 17.4 Å². The van der Waals surface area contributed by atoms with Gasteiger partial charge >= 0.3 is 0 Å². The van der Waals surface area contributed by atoms with Crippen molar-refractivity contribution in [2.45, 2.75) is 19.8 Å². The van der Waals surface area contributed by atoms with Gasteiger partial charge in [0.2, 0.25) is 5.91 Å². The molecule has 2 rings (SSSR count). The third-order valence-corrected chi connectivity index (χ3v) is 3.38. The van der Waals surface area contributed by atoms with Crippen molar-refractivity contribution in [2.24, 2.45) is 5.92 Å². The fraction of sp³-hybridized carbons (Fsp3) is 0.538. The molecule has 3 N–H and O–H groups in total. The minimum atomic E-state index is 0.0549. The summed E-state index contributed by atoms with van der Waals surface area (Å²) in [7, 11) is 0. The smallest absolute Gasteiger partial charge is 0.216 e. The third-order valence-electron chi connectivity index (χ3n) is 3.38. The van der Waals surface area contributed by atoms with E-state index in [0.717, 1.165) is 38.2 Å². The molecule has 2 heterocycles. The summed E-state index contributed by atoms with van der Waals surface area (Å²) in [5.41, 5.74) is 6.83. The quantitative estimate of drug-likeness (QED) is 0.837. The van der Waals surface area contributed by atoms with Gasteiger partial charge in [-0.3, -0.25) is 4.79 Å². The maximum Gasteiger partial charge on any atom is 0.216 e. The molecule has 0 aliphatic carbocycles. The van der Waals surface area contributed by atoms with Crippen molar-refractivity contribution < 1.29 is 4.79 Å². The average molecular weight is 248 g/mol. The first-order chi connectivity index (χ1) is 8.65. The van der Waals surface area contributed by atoms with Crippen LogP contribution in [0.3, 0.4) is 0 Å². The Kier molecular flexibility index (Phi) is 4.02. The minimum absolute atomic E-state index is 0.0549. The van der Waals surface area contributed by atoms with Crippen LogP contribution in [0.15, 0.2) is 18.3 Å². The second-order valence-corrected chi connectivity index (χ2v) is 4.81. The van der Waals surface area contributed by atoms with Crippen LogP contribution in [-0.4, -0.2) is 30.5 Å². The van der Waals surface area contributed by atoms with Crippen LogP contribution in [0.25, 0.3) is 0 Å². The van der Waals surface area contributed by atoms with Crippen LogP contribution in [-0.2, 0) is 4.79 Å². The second kappa shape index (κ2) is 5.71. The van der Waals surface area contributed by atoms with Gasteiger partial charge < -0.3 is 16.0 Å². The minimum Gasteiger partial charge on any atom is -0.384 e. The maximum atomic E-state index is 10.9. The summed E-state index contributed by atoms with van der Waals surface area (Å²) < 4.78 is 0. The van der Waals surface area contributed by atoms with E-state index < -0.39 is 0 Å². The highest BCUT2D eigenvalue weighted by Gasteiger charge is 2.19. The summed E-state index contributed by atoms with van der Waals surface area (Å²) in [6.45, 7) is 4.37. The Labute approximate surface area is 107 Å². The molecule has 0 saturated carbocycles. The van der Waals surface area contributed by atoms with Gasteiger partial charge in [-0.2, -0.15) is 0 Å². The number of pyridine rings is 1. The van der Waals surface area contributed by atoms with Crippen LogP contribution in [0.2, 0.25) is 0 Å². The summed E-state index contributed by atoms with van der Waals surface area (Å²) in [5.74, 6) is 1.21. The number of hydrogen-bond donors (Lipinski definition) is 2. The zero-order chi connectivity index (χ0) is 13.0. The van der Waals surface area contributed by atoms with Crippen LogP contribution >= 0.6 is 0 Å². The lowest BCUT2D eigenvalue weighted by atomic mass is 9.96. The molecular formula is C13H20N4O. The Bertz CT molecular complexity index is 413. The molecule has 0 atom stereocenters. The van der Waals surface area contributed by atoms with E-state index in [1.54, 1.807) is 13.1 Å². The van der Waals surface area contributed by atoms with Gasteiger partial charge in [0.1, 0.15) is 5.82 Å². The third kappa shape index (κ3) is 3.35. The van der Waals surface area contributed by atoms with E-state index in [1.807, 2.05) is 12.1 Å². The van der Waals surface area contributed by atoms with Gasteiger partial charge in [-0.05, 0) is 24.8 Å². The summed E-state index contributed by atoms with van der Waals surface area (Å²) in [6, 6.07) is 3.90. The number of nitrogens with two attached hydrogens (primary N) is 1. The van der Waals surface area contributed by atoms with E-state index in [2.05, 4.69) is 15.2 Å². The normalized spacial score (nSPS) is 16.6. The fourth-order valence-electron chi connectivity index (χ4n) is 2.32. The Morgan fingerprint density at radius 2 is 2.28 bits per heavy atom. The topological polar surface area (TPSA) is 71.2 Å². The van der Waals surface area contributed by atoms with Gasteiger partial charge in [0.05, 0.1) is 0 Å². The highest BCUT2D eigenvalue weighted by Crippen LogP contribution is 2.23. The summed E-state index contributed by atoms with van der Waals surface area (Å²) >= 11 is 0. The molecular weight excluding hydrogens is 228 g/mol. The maximum absolute atomic E-state index is 10.9. The zero-order valence-electron chi connectivity index (χ0n) is 10.7. The molecule has 1 saturated heterocycles. The van der Waals surface area contributed by atoms with E-state index >= 15 is 0 Å². The van der Waals surface area contributed by atoms with Crippen molar-refractivity contribution in [2.75, 3.05) is 30.3 Å². The fourth-order valence-corrected chi connectivity index (χ4v) is 2.32. The van der Waals surface area contributed by atoms with Gasteiger partial charge in [0.15, 0.2) is 0 Å². The van der Waals surface area contributed by atoms with Crippen molar-refractivity contribution in [3.8, 4) is 0 Å². The second-order valence-electron chi connectivity index (χ2n) is 4.81. The molecule has 5 heteroatoms. The zero-order valence-corrected chi connectivity index (χ0v) is 10.7. The standard InChI is InChI=1S/C13H20N4O/c1-10(18)16-9-11-3-6-17(7-4-11)12-2-5-15-13(14)8-12/h2,5,8,11H,3-4,6-7,9H2,1H3,(H2,14,15)(H,16,18). The number of carbonyl (C=O) groups is 1. The highest BCUT2D eigenvalue weighted by molar-refractivity contribution is 5.72. The first kappa shape index (κ1) is 12.7. The Morgan fingerprint density at radius 3 is 2.89 bits per heavy atom. The molecule has 5 nitrogen and oxygen atoms in total. The van der Waals surface area contributed by atoms with Gasteiger partial charge in [0.25, 0.3) is 0 Å². The van der Waals surface area contributed by atoms with E-state index in [4.69, 9.17) is 5.73 Å². The van der Waals surface area contributed by atoms with E-state index in [-0.39, 0.29) is 5.91 Å². The number of anilines is 2. The molecule has 98 valence electrons. The van der Waals surface area contributed by atoms with Crippen molar-refractivity contribution in [3.63, 3.8) is 0 Å². The Hall–Kier alpha value is -1.78. The Morgan fingerprint density at radius 1 is 1.56 bits per heavy atom. The lowest BCUT2D eigenvalue weighted by Gasteiger charge is -2.33. The molecule has 0 aromatic carbocycles. The van der Waals surface area contributed by atoms with Gasteiger partial charge in [-0.15, -0.1) is 0 Å². The van der Waals surface area contributed by atoms with Crippen LogP contribution < -0.4 is 16.0 Å². The number of carbonyl (C=O) groups excluding carboxylic acids is 1. The van der Waals surface area contributed by atoms with Crippen LogP contribution in [0, 0.1) is 5.92 Å². The number of nitrogens with one attached hydrogen (secondary N) is 1. The number of amides is 1. The van der Waals surface area contributed by atoms with Gasteiger partial charge in [0, 0.05) is 44.5 Å². The van der Waals surface area contributed by atoms with Crippen LogP contribution in [0.4, 0.5) is 11.5 Å². The van der Waals surface area contributed by atoms with E-state index in [9.17, 15) is 4.79 Å². The monoisotopic (exact) mass is 248 g/mol. The molecule has 18 heavy (non-hydrogen) atoms. The number of nitrogen functional groups attached to an aromatic ring is 1. The summed E-state index contributed by atoms with van der Waals surface area (Å²) in [4.78, 5) is 17.2. The predicted octanol–water partition coefficient (Wildman–Crippen LogP) is 1.02. The Balaban J connectivity index is 1.85. The molecule has 0 spiro atoms. The molecule has 1 aliphatic rings. The lowest BCUT2D eigenvalue weighted by Crippen LogP contribution is -2.38. The van der Waals surface area contributed by atoms with Crippen molar-refractivity contribution in [1.29, 1.82) is 0 Å². The molecule has 1 fully saturated rings. The van der Waals surface area contributed by atoms with E-state index in [0.29, 0.717) is 11.7 Å². The number of piperidine rings is 1. The molecule has 0 radical (unpaired) electrons. The summed E-state index contributed by atoms with van der Waals surface area (Å²) in [6.07, 6.45) is 3.94. The highest BCUT2D eigenvalue weighted by atomic mass is 16.1. The average Bonchev–Trinajstić information content (AvgIpc) is 2.37. The molecule has 0 unspecified atom stereocenters. The van der Waals surface area contributed by atoms with Gasteiger partial charge in [-0.25, -0.2) is 4.98 Å². The molecule has 1 amide bonds. The van der Waals surface area contributed by atoms with Crippen LogP contribution in [0.5, 0.6) is 0 Å². The lowest BCUT2D eigenvalue weighted by molar-refractivity contribution is -0.119. The predicted molar refractivity (Wildman–Crippen MR) is 72.3 cm³/mol. The molecule has 1 aromatic rings. The number of rotatable bonds is 3. The summed E-state index contributed by atoms with van der Waals surface area (Å²) in [5, 5.41) is 2.89. The number of nitrogens with zero attached hydrogens (tertiary/aromatic N) is 2. The van der Waals surface area contributed by atoms with Crippen molar-refractivity contribution in [3.05, 3.63) is 18.3 Å². The largest absolute Gasteiger partial charge is 0.384 e. The van der Waals surface area contributed by atoms with Crippen LogP contribution in [0.1, 0.15) is 19.8 Å².